The number of amides is 1. The molecule has 0 saturated carbocycles. The number of aromatic nitrogens is 4. The average Bonchev–Trinajstić information content (AvgIpc) is 3.76. The SMILES string of the molecule is COc1ccc(C(OC[C@H]2O[C@@H](n3cnc4c(NC(=O)c5ccccc5)ncnc43)C[C@H]2F)(c2ccccc2)c2ccc(OC)cc2)cc1. The molecule has 11 heteroatoms. The molecule has 3 atom stereocenters. The predicted octanol–water partition coefficient (Wildman–Crippen LogP) is 6.73. The molecule has 1 aliphatic heterocycles. The van der Waals surface area contributed by atoms with Crippen LogP contribution < -0.4 is 14.8 Å². The molecule has 0 bridgehead atoms. The lowest BCUT2D eigenvalue weighted by atomic mass is 9.80. The van der Waals surface area contributed by atoms with Crippen LogP contribution in [0, 0.1) is 0 Å². The van der Waals surface area contributed by atoms with E-state index in [4.69, 9.17) is 18.9 Å². The maximum Gasteiger partial charge on any atom is 0.256 e. The van der Waals surface area contributed by atoms with E-state index >= 15 is 4.39 Å². The predicted molar refractivity (Wildman–Crippen MR) is 181 cm³/mol. The molecule has 2 aromatic heterocycles. The molecule has 7 rings (SSSR count). The van der Waals surface area contributed by atoms with Crippen LogP contribution in [0.15, 0.2) is 122 Å². The van der Waals surface area contributed by atoms with Crippen LogP contribution in [0.5, 0.6) is 11.5 Å². The highest BCUT2D eigenvalue weighted by molar-refractivity contribution is 6.06. The molecular weight excluding hydrogens is 625 g/mol. The number of nitrogens with zero attached hydrogens (tertiary/aromatic N) is 4. The molecule has 1 fully saturated rings. The minimum absolute atomic E-state index is 0.0542. The standard InChI is InChI=1S/C38H34FN5O5/c1-46-29-17-13-27(14-18-29)38(26-11-7-4-8-12-26,28-15-19-30(47-2)20-16-28)48-22-32-31(39)21-33(49-32)44-24-42-34-35(40-23-41-36(34)44)43-37(45)25-9-5-3-6-10-25/h3-20,23-24,31-33H,21-22H2,1-2H3,(H,40,41,43,45)/t31-,32-,33-/m1/s1. The first kappa shape index (κ1) is 31.9. The summed E-state index contributed by atoms with van der Waals surface area (Å²) in [6.45, 7) is -0.0649. The lowest BCUT2D eigenvalue weighted by molar-refractivity contribution is -0.0853. The number of methoxy groups -OCH3 is 2. The highest BCUT2D eigenvalue weighted by atomic mass is 19.1. The number of anilines is 1. The van der Waals surface area contributed by atoms with Gasteiger partial charge in [0.1, 0.15) is 41.9 Å². The molecule has 0 aliphatic carbocycles. The fourth-order valence-corrected chi connectivity index (χ4v) is 6.21. The minimum Gasteiger partial charge on any atom is -0.497 e. The summed E-state index contributed by atoms with van der Waals surface area (Å²) in [5.41, 5.74) is 2.65. The summed E-state index contributed by atoms with van der Waals surface area (Å²) in [7, 11) is 3.23. The number of carbonyl (C=O) groups is 1. The van der Waals surface area contributed by atoms with Crippen LogP contribution in [0.3, 0.4) is 0 Å². The topological polar surface area (TPSA) is 110 Å². The number of ether oxygens (including phenoxy) is 4. The molecule has 1 amide bonds. The molecule has 0 spiro atoms. The largest absolute Gasteiger partial charge is 0.497 e. The van der Waals surface area contributed by atoms with Gasteiger partial charge < -0.3 is 24.3 Å². The lowest BCUT2D eigenvalue weighted by Crippen LogP contribution is -2.37. The molecule has 4 aromatic carbocycles. The van der Waals surface area contributed by atoms with Crippen molar-refractivity contribution >= 4 is 22.9 Å². The Morgan fingerprint density at radius 1 is 0.837 bits per heavy atom. The highest BCUT2D eigenvalue weighted by Crippen LogP contribution is 2.43. The maximum absolute atomic E-state index is 15.9. The van der Waals surface area contributed by atoms with Gasteiger partial charge in [-0.2, -0.15) is 0 Å². The first-order valence-electron chi connectivity index (χ1n) is 15.8. The van der Waals surface area contributed by atoms with Crippen molar-refractivity contribution in [3.63, 3.8) is 0 Å². The Kier molecular flexibility index (Phi) is 9.01. The molecule has 1 saturated heterocycles. The van der Waals surface area contributed by atoms with Gasteiger partial charge in [-0.3, -0.25) is 9.36 Å². The van der Waals surface area contributed by atoms with Crippen molar-refractivity contribution < 1.29 is 28.1 Å². The smallest absolute Gasteiger partial charge is 0.256 e. The highest BCUT2D eigenvalue weighted by Gasteiger charge is 2.43. The van der Waals surface area contributed by atoms with E-state index in [1.807, 2.05) is 84.9 Å². The van der Waals surface area contributed by atoms with E-state index in [0.29, 0.717) is 28.2 Å². The quantitative estimate of drug-likeness (QED) is 0.153. The summed E-state index contributed by atoms with van der Waals surface area (Å²) in [6, 6.07) is 33.9. The lowest BCUT2D eigenvalue weighted by Gasteiger charge is -2.37. The Morgan fingerprint density at radius 2 is 1.43 bits per heavy atom. The number of imidazole rings is 1. The fraction of sp³-hybridized carbons (Fsp3) is 0.211. The third kappa shape index (κ3) is 6.21. The van der Waals surface area contributed by atoms with Crippen LogP contribution >= 0.6 is 0 Å². The zero-order valence-corrected chi connectivity index (χ0v) is 26.9. The second kappa shape index (κ2) is 13.8. The fourth-order valence-electron chi connectivity index (χ4n) is 6.21. The van der Waals surface area contributed by atoms with Crippen molar-refractivity contribution in [3.05, 3.63) is 144 Å². The van der Waals surface area contributed by atoms with Crippen molar-refractivity contribution in [1.29, 1.82) is 0 Å². The molecule has 1 aliphatic rings. The first-order chi connectivity index (χ1) is 24.0. The Hall–Kier alpha value is -5.65. The molecule has 0 radical (unpaired) electrons. The number of nitrogens with one attached hydrogen (secondary N) is 1. The van der Waals surface area contributed by atoms with Crippen molar-refractivity contribution in [2.75, 3.05) is 26.1 Å². The van der Waals surface area contributed by atoms with Crippen molar-refractivity contribution in [1.82, 2.24) is 19.5 Å². The first-order valence-corrected chi connectivity index (χ1v) is 15.8. The van der Waals surface area contributed by atoms with Crippen molar-refractivity contribution in [2.24, 2.45) is 0 Å². The molecule has 6 aromatic rings. The monoisotopic (exact) mass is 659 g/mol. The number of hydrogen-bond donors (Lipinski definition) is 1. The van der Waals surface area contributed by atoms with Gasteiger partial charge in [0.25, 0.3) is 5.91 Å². The summed E-state index contributed by atoms with van der Waals surface area (Å²) in [6.07, 6.45) is -0.0431. The summed E-state index contributed by atoms with van der Waals surface area (Å²) in [4.78, 5) is 25.9. The third-order valence-corrected chi connectivity index (χ3v) is 8.74. The zero-order chi connectivity index (χ0) is 33.8. The van der Waals surface area contributed by atoms with E-state index in [0.717, 1.165) is 16.7 Å². The van der Waals surface area contributed by atoms with Crippen LogP contribution in [-0.4, -0.2) is 58.5 Å². The molecule has 10 nitrogen and oxygen atoms in total. The van der Waals surface area contributed by atoms with Gasteiger partial charge >= 0.3 is 0 Å². The van der Waals surface area contributed by atoms with Crippen LogP contribution in [-0.2, 0) is 15.1 Å². The average molecular weight is 660 g/mol. The van der Waals surface area contributed by atoms with Crippen molar-refractivity contribution in [2.45, 2.75) is 30.5 Å². The van der Waals surface area contributed by atoms with Gasteiger partial charge in [-0.05, 0) is 53.1 Å². The van der Waals surface area contributed by atoms with Gasteiger partial charge in [0, 0.05) is 12.0 Å². The number of hydrogen-bond acceptors (Lipinski definition) is 8. The number of benzene rings is 4. The number of halogens is 1. The Morgan fingerprint density at radius 3 is 2.04 bits per heavy atom. The molecule has 49 heavy (non-hydrogen) atoms. The van der Waals surface area contributed by atoms with E-state index in [1.54, 1.807) is 43.1 Å². The zero-order valence-electron chi connectivity index (χ0n) is 26.9. The van der Waals surface area contributed by atoms with Gasteiger partial charge in [-0.1, -0.05) is 72.8 Å². The second-order valence-corrected chi connectivity index (χ2v) is 11.6. The van der Waals surface area contributed by atoms with Crippen LogP contribution in [0.1, 0.15) is 39.7 Å². The van der Waals surface area contributed by atoms with E-state index in [-0.39, 0.29) is 24.8 Å². The number of fused-ring (bicyclic) bond motifs is 1. The van der Waals surface area contributed by atoms with E-state index in [1.165, 1.54) is 12.7 Å². The van der Waals surface area contributed by atoms with Gasteiger partial charge in [-0.15, -0.1) is 0 Å². The maximum atomic E-state index is 15.9. The molecule has 3 heterocycles. The molecular formula is C38H34FN5O5. The summed E-state index contributed by atoms with van der Waals surface area (Å²) < 4.78 is 41.7. The van der Waals surface area contributed by atoms with Gasteiger partial charge in [0.15, 0.2) is 17.0 Å². The van der Waals surface area contributed by atoms with Crippen LogP contribution in [0.4, 0.5) is 10.2 Å². The van der Waals surface area contributed by atoms with Crippen molar-refractivity contribution in [3.8, 4) is 11.5 Å². The van der Waals surface area contributed by atoms with Gasteiger partial charge in [0.05, 0.1) is 27.2 Å². The Labute approximate surface area is 282 Å². The van der Waals surface area contributed by atoms with E-state index in [2.05, 4.69) is 20.3 Å². The number of carbonyl (C=O) groups excluding carboxylic acids is 1. The minimum atomic E-state index is -1.35. The Balaban J connectivity index is 1.18. The van der Waals surface area contributed by atoms with Crippen LogP contribution in [0.2, 0.25) is 0 Å². The van der Waals surface area contributed by atoms with Gasteiger partial charge in [-0.25, -0.2) is 19.3 Å². The normalized spacial score (nSPS) is 17.6. The summed E-state index contributed by atoms with van der Waals surface area (Å²) in [5, 5.41) is 2.80. The molecule has 0 unspecified atom stereocenters. The van der Waals surface area contributed by atoms with Crippen LogP contribution in [0.25, 0.3) is 11.2 Å². The van der Waals surface area contributed by atoms with E-state index < -0.39 is 24.1 Å². The number of rotatable bonds is 11. The molecule has 1 N–H and O–H groups in total. The summed E-state index contributed by atoms with van der Waals surface area (Å²) >= 11 is 0. The van der Waals surface area contributed by atoms with E-state index in [9.17, 15) is 4.79 Å². The number of alkyl halides is 1. The third-order valence-electron chi connectivity index (χ3n) is 8.74. The van der Waals surface area contributed by atoms with Gasteiger partial charge in [0.2, 0.25) is 0 Å². The molecule has 248 valence electrons. The second-order valence-electron chi connectivity index (χ2n) is 11.6. The summed E-state index contributed by atoms with van der Waals surface area (Å²) in [5.74, 6) is 1.32. The Bertz CT molecular complexity index is 1980.